The number of rotatable bonds is 8. The van der Waals surface area contributed by atoms with E-state index in [0.717, 1.165) is 0 Å². The second-order valence-corrected chi connectivity index (χ2v) is 6.77. The van der Waals surface area contributed by atoms with Gasteiger partial charge >= 0.3 is 11.9 Å². The molecule has 10 heteroatoms. The minimum Gasteiger partial charge on any atom is -0.465 e. The van der Waals surface area contributed by atoms with Crippen LogP contribution in [0.2, 0.25) is 10.0 Å². The molecule has 0 aliphatic heterocycles. The average molecular weight is 453 g/mol. The maximum Gasteiger partial charge on any atom is 0.337 e. The molecular formula is C20H18Cl2N2O6. The van der Waals surface area contributed by atoms with Crippen molar-refractivity contribution in [2.75, 3.05) is 24.4 Å². The quantitative estimate of drug-likeness (QED) is 0.590. The van der Waals surface area contributed by atoms with Crippen molar-refractivity contribution in [3.05, 3.63) is 58.1 Å². The molecule has 2 N–H and O–H groups in total. The lowest BCUT2D eigenvalue weighted by atomic mass is 10.2. The first-order chi connectivity index (χ1) is 14.3. The number of esters is 2. The van der Waals surface area contributed by atoms with Gasteiger partial charge in [-0.15, -0.1) is 0 Å². The van der Waals surface area contributed by atoms with Crippen molar-refractivity contribution in [1.29, 1.82) is 0 Å². The molecule has 0 aliphatic carbocycles. The fourth-order valence-corrected chi connectivity index (χ4v) is 2.53. The molecule has 0 heterocycles. The number of ether oxygens (including phenoxy) is 2. The number of benzene rings is 2. The highest BCUT2D eigenvalue weighted by molar-refractivity contribution is 6.42. The summed E-state index contributed by atoms with van der Waals surface area (Å²) in [6.07, 6.45) is -0.329. The molecular weight excluding hydrogens is 435 g/mol. The zero-order chi connectivity index (χ0) is 22.1. The lowest BCUT2D eigenvalue weighted by molar-refractivity contribution is -0.147. The Balaban J connectivity index is 1.70. The molecule has 158 valence electrons. The fourth-order valence-electron chi connectivity index (χ4n) is 2.24. The van der Waals surface area contributed by atoms with E-state index in [2.05, 4.69) is 15.4 Å². The van der Waals surface area contributed by atoms with Gasteiger partial charge in [0.1, 0.15) is 0 Å². The Bertz CT molecular complexity index is 947. The van der Waals surface area contributed by atoms with E-state index in [4.69, 9.17) is 27.9 Å². The molecule has 0 aliphatic rings. The summed E-state index contributed by atoms with van der Waals surface area (Å²) in [6.45, 7) is -0.508. The molecule has 2 amide bonds. The summed E-state index contributed by atoms with van der Waals surface area (Å²) >= 11 is 11.7. The molecule has 0 atom stereocenters. The highest BCUT2D eigenvalue weighted by atomic mass is 35.5. The molecule has 0 fully saturated rings. The van der Waals surface area contributed by atoms with Crippen molar-refractivity contribution < 1.29 is 28.7 Å². The van der Waals surface area contributed by atoms with Gasteiger partial charge in [0, 0.05) is 17.8 Å². The van der Waals surface area contributed by atoms with Crippen LogP contribution in [-0.2, 0) is 23.9 Å². The number of carbonyl (C=O) groups excluding carboxylic acids is 4. The SMILES string of the molecule is COC(=O)c1ccc(NC(=O)COC(=O)CCC(=O)Nc2ccc(Cl)c(Cl)c2)cc1. The Morgan fingerprint density at radius 2 is 1.47 bits per heavy atom. The molecule has 0 saturated carbocycles. The van der Waals surface area contributed by atoms with Gasteiger partial charge in [-0.05, 0) is 42.5 Å². The van der Waals surface area contributed by atoms with Gasteiger partial charge in [-0.2, -0.15) is 0 Å². The van der Waals surface area contributed by atoms with Crippen molar-refractivity contribution >= 4 is 58.3 Å². The summed E-state index contributed by atoms with van der Waals surface area (Å²) in [7, 11) is 1.27. The van der Waals surface area contributed by atoms with Crippen LogP contribution >= 0.6 is 23.2 Å². The number of nitrogens with one attached hydrogen (secondary N) is 2. The second kappa shape index (κ2) is 11.2. The predicted octanol–water partition coefficient (Wildman–Crippen LogP) is 3.68. The van der Waals surface area contributed by atoms with Gasteiger partial charge < -0.3 is 20.1 Å². The van der Waals surface area contributed by atoms with E-state index in [-0.39, 0.29) is 12.8 Å². The van der Waals surface area contributed by atoms with Gasteiger partial charge in [0.25, 0.3) is 5.91 Å². The average Bonchev–Trinajstić information content (AvgIpc) is 2.73. The van der Waals surface area contributed by atoms with Crippen molar-refractivity contribution in [1.82, 2.24) is 0 Å². The first kappa shape index (κ1) is 23.2. The van der Waals surface area contributed by atoms with Crippen molar-refractivity contribution in [2.24, 2.45) is 0 Å². The van der Waals surface area contributed by atoms with E-state index in [0.29, 0.717) is 27.0 Å². The Kier molecular flexibility index (Phi) is 8.64. The number of hydrogen-bond acceptors (Lipinski definition) is 6. The molecule has 2 rings (SSSR count). The Labute approximate surface area is 182 Å². The molecule has 0 radical (unpaired) electrons. The molecule has 2 aromatic carbocycles. The van der Waals surface area contributed by atoms with Gasteiger partial charge in [0.2, 0.25) is 5.91 Å². The lowest BCUT2D eigenvalue weighted by Crippen LogP contribution is -2.21. The molecule has 0 aromatic heterocycles. The number of carbonyl (C=O) groups is 4. The Morgan fingerprint density at radius 1 is 0.833 bits per heavy atom. The molecule has 8 nitrogen and oxygen atoms in total. The smallest absolute Gasteiger partial charge is 0.337 e. The zero-order valence-corrected chi connectivity index (χ0v) is 17.4. The van der Waals surface area contributed by atoms with Gasteiger partial charge in [-0.25, -0.2) is 4.79 Å². The first-order valence-corrected chi connectivity index (χ1v) is 9.43. The molecule has 0 bridgehead atoms. The van der Waals surface area contributed by atoms with E-state index < -0.39 is 30.4 Å². The largest absolute Gasteiger partial charge is 0.465 e. The van der Waals surface area contributed by atoms with Gasteiger partial charge in [0.15, 0.2) is 6.61 Å². The molecule has 30 heavy (non-hydrogen) atoms. The predicted molar refractivity (Wildman–Crippen MR) is 112 cm³/mol. The summed E-state index contributed by atoms with van der Waals surface area (Å²) in [5.41, 5.74) is 1.20. The van der Waals surface area contributed by atoms with E-state index in [1.165, 1.54) is 43.5 Å². The highest BCUT2D eigenvalue weighted by Gasteiger charge is 2.12. The highest BCUT2D eigenvalue weighted by Crippen LogP contribution is 2.25. The maximum absolute atomic E-state index is 11.9. The lowest BCUT2D eigenvalue weighted by Gasteiger charge is -2.08. The molecule has 0 spiro atoms. The summed E-state index contributed by atoms with van der Waals surface area (Å²) < 4.78 is 9.43. The minimum atomic E-state index is -0.699. The molecule has 2 aromatic rings. The molecule has 0 unspecified atom stereocenters. The number of amides is 2. The maximum atomic E-state index is 11.9. The fraction of sp³-hybridized carbons (Fsp3) is 0.200. The van der Waals surface area contributed by atoms with Crippen LogP contribution in [0.4, 0.5) is 11.4 Å². The van der Waals surface area contributed by atoms with Crippen molar-refractivity contribution in [2.45, 2.75) is 12.8 Å². The summed E-state index contributed by atoms with van der Waals surface area (Å²) in [5, 5.41) is 5.74. The van der Waals surface area contributed by atoms with Gasteiger partial charge in [-0.1, -0.05) is 23.2 Å². The van der Waals surface area contributed by atoms with Crippen LogP contribution in [0.15, 0.2) is 42.5 Å². The number of hydrogen-bond donors (Lipinski definition) is 2. The van der Waals surface area contributed by atoms with Crippen molar-refractivity contribution in [3.8, 4) is 0 Å². The van der Waals surface area contributed by atoms with Crippen LogP contribution in [-0.4, -0.2) is 37.5 Å². The van der Waals surface area contributed by atoms with Crippen LogP contribution in [0.25, 0.3) is 0 Å². The van der Waals surface area contributed by atoms with Crippen LogP contribution < -0.4 is 10.6 Å². The monoisotopic (exact) mass is 452 g/mol. The zero-order valence-electron chi connectivity index (χ0n) is 15.9. The van der Waals surface area contributed by atoms with E-state index in [1.807, 2.05) is 0 Å². The van der Waals surface area contributed by atoms with Crippen LogP contribution in [0.3, 0.4) is 0 Å². The van der Waals surface area contributed by atoms with Crippen LogP contribution in [0.5, 0.6) is 0 Å². The second-order valence-electron chi connectivity index (χ2n) is 5.95. The summed E-state index contributed by atoms with van der Waals surface area (Å²) in [6, 6.07) is 10.6. The van der Waals surface area contributed by atoms with E-state index in [1.54, 1.807) is 6.07 Å². The first-order valence-electron chi connectivity index (χ1n) is 8.67. The van der Waals surface area contributed by atoms with Gasteiger partial charge in [0.05, 0.1) is 29.1 Å². The summed E-state index contributed by atoms with van der Waals surface area (Å²) in [4.78, 5) is 46.8. The topological polar surface area (TPSA) is 111 Å². The van der Waals surface area contributed by atoms with Gasteiger partial charge in [-0.3, -0.25) is 14.4 Å². The third-order valence-electron chi connectivity index (χ3n) is 3.71. The Morgan fingerprint density at radius 3 is 2.10 bits per heavy atom. The van der Waals surface area contributed by atoms with Crippen LogP contribution in [0, 0.1) is 0 Å². The Hall–Kier alpha value is -3.10. The minimum absolute atomic E-state index is 0.129. The molecule has 0 saturated heterocycles. The standard InChI is InChI=1S/C20H18Cl2N2O6/c1-29-20(28)12-2-4-13(5-3-12)23-18(26)11-30-19(27)9-8-17(25)24-14-6-7-15(21)16(22)10-14/h2-7,10H,8-9,11H2,1H3,(H,23,26)(H,24,25). The van der Waals surface area contributed by atoms with E-state index in [9.17, 15) is 19.2 Å². The van der Waals surface area contributed by atoms with E-state index >= 15 is 0 Å². The summed E-state index contributed by atoms with van der Waals surface area (Å²) in [5.74, 6) is -2.17. The number of methoxy groups -OCH3 is 1. The third-order valence-corrected chi connectivity index (χ3v) is 4.45. The third kappa shape index (κ3) is 7.38. The van der Waals surface area contributed by atoms with Crippen molar-refractivity contribution in [3.63, 3.8) is 0 Å². The number of anilines is 2. The van der Waals surface area contributed by atoms with Crippen LogP contribution in [0.1, 0.15) is 23.2 Å². The normalized spacial score (nSPS) is 10.1. The number of halogens is 2.